The van der Waals surface area contributed by atoms with Gasteiger partial charge in [0.15, 0.2) is 0 Å². The molecule has 1 rings (SSSR count). The highest BCUT2D eigenvalue weighted by Gasteiger charge is 2.30. The van der Waals surface area contributed by atoms with Crippen molar-refractivity contribution in [3.8, 4) is 0 Å². The summed E-state index contributed by atoms with van der Waals surface area (Å²) in [5, 5.41) is 0.196. The molecule has 0 aliphatic carbocycles. The van der Waals surface area contributed by atoms with E-state index in [0.29, 0.717) is 12.0 Å². The molecule has 0 radical (unpaired) electrons. The number of hydrogen-bond acceptors (Lipinski definition) is 3. The monoisotopic (exact) mass is 253 g/mol. The molecule has 1 heterocycles. The molecule has 90 valence electrons. The van der Waals surface area contributed by atoms with Crippen molar-refractivity contribution in [1.29, 1.82) is 0 Å². The van der Waals surface area contributed by atoms with Crippen molar-refractivity contribution in [3.63, 3.8) is 0 Å². The lowest BCUT2D eigenvalue weighted by Crippen LogP contribution is -2.32. The lowest BCUT2D eigenvalue weighted by atomic mass is 10.2. The zero-order valence-corrected chi connectivity index (χ0v) is 9.60. The van der Waals surface area contributed by atoms with Gasteiger partial charge in [-0.25, -0.2) is 9.97 Å². The second kappa shape index (κ2) is 4.86. The van der Waals surface area contributed by atoms with Gasteiger partial charge in [0.05, 0.1) is 0 Å². The van der Waals surface area contributed by atoms with Gasteiger partial charge in [0.25, 0.3) is 0 Å². The molecular weight excluding hydrogens is 243 g/mol. The van der Waals surface area contributed by atoms with Gasteiger partial charge in [0, 0.05) is 12.6 Å². The number of alkyl halides is 3. The third-order valence-corrected chi connectivity index (χ3v) is 2.33. The highest BCUT2D eigenvalue weighted by molar-refractivity contribution is 6.30. The van der Waals surface area contributed by atoms with Crippen LogP contribution in [0.5, 0.6) is 0 Å². The van der Waals surface area contributed by atoms with Gasteiger partial charge in [-0.15, -0.1) is 0 Å². The fraction of sp³-hybridized carbons (Fsp3) is 0.556. The van der Waals surface area contributed by atoms with Gasteiger partial charge in [-0.2, -0.15) is 13.2 Å². The summed E-state index contributed by atoms with van der Waals surface area (Å²) in [5.74, 6) is 0.222. The van der Waals surface area contributed by atoms with E-state index in [9.17, 15) is 13.2 Å². The number of aromatic nitrogens is 2. The molecule has 0 aromatic carbocycles. The van der Waals surface area contributed by atoms with Crippen LogP contribution in [0, 0.1) is 0 Å². The van der Waals surface area contributed by atoms with Crippen molar-refractivity contribution in [1.82, 2.24) is 9.97 Å². The summed E-state index contributed by atoms with van der Waals surface area (Å²) in [6, 6.07) is 0. The van der Waals surface area contributed by atoms with Crippen LogP contribution in [0.25, 0.3) is 0 Å². The molecule has 3 nitrogen and oxygen atoms in total. The number of rotatable bonds is 3. The Morgan fingerprint density at radius 2 is 2.00 bits per heavy atom. The molecule has 0 saturated heterocycles. The molecule has 0 aliphatic rings. The molecule has 0 unspecified atom stereocenters. The number of halogens is 4. The summed E-state index contributed by atoms with van der Waals surface area (Å²) in [4.78, 5) is 8.58. The Morgan fingerprint density at radius 1 is 1.38 bits per heavy atom. The molecule has 16 heavy (non-hydrogen) atoms. The molecule has 0 spiro atoms. The Balaban J connectivity index is 2.99. The van der Waals surface area contributed by atoms with Crippen LogP contribution in [0.15, 0.2) is 6.33 Å². The molecule has 0 aliphatic heterocycles. The zero-order chi connectivity index (χ0) is 12.3. The Labute approximate surface area is 96.3 Å². The molecule has 1 aromatic heterocycles. The first-order valence-corrected chi connectivity index (χ1v) is 5.00. The predicted molar refractivity (Wildman–Crippen MR) is 55.7 cm³/mol. The van der Waals surface area contributed by atoms with Crippen molar-refractivity contribution >= 4 is 17.4 Å². The van der Waals surface area contributed by atoms with Gasteiger partial charge < -0.3 is 4.90 Å². The first kappa shape index (κ1) is 13.0. The van der Waals surface area contributed by atoms with Crippen LogP contribution >= 0.6 is 11.6 Å². The van der Waals surface area contributed by atoms with E-state index in [-0.39, 0.29) is 11.0 Å². The molecule has 0 amide bonds. The van der Waals surface area contributed by atoms with Crippen molar-refractivity contribution in [2.45, 2.75) is 19.5 Å². The highest BCUT2D eigenvalue weighted by Crippen LogP contribution is 2.25. The fourth-order valence-electron chi connectivity index (χ4n) is 1.36. The second-order valence-corrected chi connectivity index (χ2v) is 3.65. The number of anilines is 1. The van der Waals surface area contributed by atoms with E-state index in [1.807, 2.05) is 0 Å². The minimum atomic E-state index is -4.27. The van der Waals surface area contributed by atoms with Gasteiger partial charge in [0.1, 0.15) is 23.8 Å². The Bertz CT molecular complexity index is 368. The van der Waals surface area contributed by atoms with E-state index >= 15 is 0 Å². The van der Waals surface area contributed by atoms with E-state index in [1.54, 1.807) is 6.92 Å². The smallest absolute Gasteiger partial charge is 0.350 e. The maximum atomic E-state index is 12.2. The van der Waals surface area contributed by atoms with Crippen molar-refractivity contribution in [2.24, 2.45) is 0 Å². The summed E-state index contributed by atoms with van der Waals surface area (Å²) in [6.45, 7) is 0.725. The van der Waals surface area contributed by atoms with Crippen LogP contribution in [0.3, 0.4) is 0 Å². The van der Waals surface area contributed by atoms with E-state index in [4.69, 9.17) is 11.6 Å². The highest BCUT2D eigenvalue weighted by atomic mass is 35.5. The molecule has 0 atom stereocenters. The number of nitrogens with zero attached hydrogens (tertiary/aromatic N) is 3. The van der Waals surface area contributed by atoms with E-state index in [2.05, 4.69) is 9.97 Å². The van der Waals surface area contributed by atoms with E-state index in [0.717, 1.165) is 11.2 Å². The second-order valence-electron chi connectivity index (χ2n) is 3.29. The topological polar surface area (TPSA) is 29.0 Å². The van der Waals surface area contributed by atoms with Gasteiger partial charge in [-0.3, -0.25) is 0 Å². The maximum Gasteiger partial charge on any atom is 0.405 e. The Hall–Kier alpha value is -1.04. The fourth-order valence-corrected chi connectivity index (χ4v) is 1.62. The first-order chi connectivity index (χ1) is 7.35. The molecular formula is C9H11ClF3N3. The van der Waals surface area contributed by atoms with Gasteiger partial charge in [0.2, 0.25) is 0 Å². The van der Waals surface area contributed by atoms with Crippen LogP contribution in [0.2, 0.25) is 5.15 Å². The standard InChI is InChI=1S/C9H11ClF3N3/c1-3-6-7(10)14-5-15-8(6)16(2)4-9(11,12)13/h5H,3-4H2,1-2H3. The van der Waals surface area contributed by atoms with Gasteiger partial charge >= 0.3 is 6.18 Å². The van der Waals surface area contributed by atoms with E-state index < -0.39 is 12.7 Å². The molecule has 0 N–H and O–H groups in total. The quantitative estimate of drug-likeness (QED) is 0.776. The molecule has 1 aromatic rings. The van der Waals surface area contributed by atoms with Crippen LogP contribution in [0.4, 0.5) is 19.0 Å². The van der Waals surface area contributed by atoms with E-state index in [1.165, 1.54) is 7.05 Å². The van der Waals surface area contributed by atoms with Crippen molar-refractivity contribution < 1.29 is 13.2 Å². The third-order valence-electron chi connectivity index (χ3n) is 2.00. The largest absolute Gasteiger partial charge is 0.405 e. The Kier molecular flexibility index (Phi) is 3.96. The lowest BCUT2D eigenvalue weighted by molar-refractivity contribution is -0.119. The minimum Gasteiger partial charge on any atom is -0.350 e. The summed E-state index contributed by atoms with van der Waals surface area (Å²) in [7, 11) is 1.32. The molecule has 0 fully saturated rings. The van der Waals surface area contributed by atoms with Crippen molar-refractivity contribution in [2.75, 3.05) is 18.5 Å². The molecule has 7 heteroatoms. The summed E-state index contributed by atoms with van der Waals surface area (Å²) in [5.41, 5.74) is 0.524. The summed E-state index contributed by atoms with van der Waals surface area (Å²) in [6.07, 6.45) is -2.63. The van der Waals surface area contributed by atoms with Crippen molar-refractivity contribution in [3.05, 3.63) is 17.0 Å². The van der Waals surface area contributed by atoms with Crippen LogP contribution in [-0.2, 0) is 6.42 Å². The lowest BCUT2D eigenvalue weighted by Gasteiger charge is -2.22. The minimum absolute atomic E-state index is 0.196. The summed E-state index contributed by atoms with van der Waals surface area (Å²) < 4.78 is 36.6. The van der Waals surface area contributed by atoms with Crippen LogP contribution < -0.4 is 4.90 Å². The first-order valence-electron chi connectivity index (χ1n) is 4.62. The van der Waals surface area contributed by atoms with Gasteiger partial charge in [-0.05, 0) is 6.42 Å². The normalized spacial score (nSPS) is 11.6. The maximum absolute atomic E-state index is 12.2. The average Bonchev–Trinajstić information content (AvgIpc) is 2.14. The third kappa shape index (κ3) is 3.23. The Morgan fingerprint density at radius 3 is 2.50 bits per heavy atom. The van der Waals surface area contributed by atoms with Crippen LogP contribution in [-0.4, -0.2) is 29.7 Å². The number of hydrogen-bond donors (Lipinski definition) is 0. The van der Waals surface area contributed by atoms with Crippen LogP contribution in [0.1, 0.15) is 12.5 Å². The molecule has 0 saturated carbocycles. The van der Waals surface area contributed by atoms with Gasteiger partial charge in [-0.1, -0.05) is 18.5 Å². The predicted octanol–water partition coefficient (Wildman–Crippen LogP) is 2.69. The summed E-state index contributed by atoms with van der Waals surface area (Å²) >= 11 is 5.79. The average molecular weight is 254 g/mol. The SMILES string of the molecule is CCc1c(Cl)ncnc1N(C)CC(F)(F)F. The zero-order valence-electron chi connectivity index (χ0n) is 8.85. The molecule has 0 bridgehead atoms.